The van der Waals surface area contributed by atoms with Crippen LogP contribution in [-0.2, 0) is 4.79 Å². The van der Waals surface area contributed by atoms with Gasteiger partial charge >= 0.3 is 0 Å². The molecule has 4 heteroatoms. The molecule has 1 saturated carbocycles. The molecule has 0 spiro atoms. The van der Waals surface area contributed by atoms with Crippen LogP contribution in [0, 0.1) is 0 Å². The van der Waals surface area contributed by atoms with Crippen LogP contribution >= 0.6 is 0 Å². The van der Waals surface area contributed by atoms with Gasteiger partial charge in [0.2, 0.25) is 0 Å². The summed E-state index contributed by atoms with van der Waals surface area (Å²) in [4.78, 5) is 12.1. The maximum Gasteiger partial charge on any atom is 0.258 e. The Morgan fingerprint density at radius 3 is 2.62 bits per heavy atom. The Bertz CT molecular complexity index is 479. The Hall–Kier alpha value is -1.55. The highest BCUT2D eigenvalue weighted by Gasteiger charge is 2.34. The van der Waals surface area contributed by atoms with Crippen LogP contribution in [-0.4, -0.2) is 29.8 Å². The zero-order valence-corrected chi connectivity index (χ0v) is 12.9. The lowest BCUT2D eigenvalue weighted by atomic mass is 9.99. The number of para-hydroxylation sites is 1. The minimum atomic E-state index is -0.433. The fraction of sp³-hybridized carbons (Fsp3) is 0.588. The van der Waals surface area contributed by atoms with Gasteiger partial charge in [-0.1, -0.05) is 44.9 Å². The molecule has 21 heavy (non-hydrogen) atoms. The monoisotopic (exact) mass is 291 g/mol. The quantitative estimate of drug-likeness (QED) is 0.847. The van der Waals surface area contributed by atoms with Gasteiger partial charge in [0, 0.05) is 0 Å². The molecule has 1 aliphatic rings. The van der Waals surface area contributed by atoms with Gasteiger partial charge in [0.05, 0.1) is 12.1 Å². The van der Waals surface area contributed by atoms with Crippen molar-refractivity contribution in [1.29, 1.82) is 0 Å². The molecule has 0 unspecified atom stereocenters. The average molecular weight is 291 g/mol. The van der Waals surface area contributed by atoms with Crippen LogP contribution in [0.4, 0.5) is 0 Å². The maximum atomic E-state index is 12.1. The topological polar surface area (TPSA) is 58.6 Å². The first-order valence-corrected chi connectivity index (χ1v) is 7.70. The van der Waals surface area contributed by atoms with Gasteiger partial charge in [0.25, 0.3) is 5.91 Å². The van der Waals surface area contributed by atoms with Crippen LogP contribution in [0.2, 0.25) is 0 Å². The second-order valence-corrected chi connectivity index (χ2v) is 6.17. The smallest absolute Gasteiger partial charge is 0.258 e. The molecule has 0 radical (unpaired) electrons. The first-order chi connectivity index (χ1) is 10.1. The number of hydrogen-bond acceptors (Lipinski definition) is 3. The molecule has 4 nitrogen and oxygen atoms in total. The van der Waals surface area contributed by atoms with Crippen molar-refractivity contribution in [2.45, 2.75) is 51.0 Å². The molecule has 1 amide bonds. The van der Waals surface area contributed by atoms with E-state index in [-0.39, 0.29) is 19.1 Å². The summed E-state index contributed by atoms with van der Waals surface area (Å²) >= 11 is 0. The Kier molecular flexibility index (Phi) is 5.23. The van der Waals surface area contributed by atoms with E-state index in [1.165, 1.54) is 0 Å². The predicted octanol–water partition coefficient (Wildman–Crippen LogP) is 2.61. The number of aliphatic hydroxyl groups is 1. The minimum Gasteiger partial charge on any atom is -0.483 e. The first-order valence-electron chi connectivity index (χ1n) is 7.70. The molecule has 0 heterocycles. The Labute approximate surface area is 126 Å². The van der Waals surface area contributed by atoms with E-state index in [9.17, 15) is 9.90 Å². The van der Waals surface area contributed by atoms with Crippen LogP contribution in [0.1, 0.15) is 51.0 Å². The van der Waals surface area contributed by atoms with Gasteiger partial charge in [-0.2, -0.15) is 0 Å². The van der Waals surface area contributed by atoms with Gasteiger partial charge in [-0.15, -0.1) is 0 Å². The SMILES string of the molecule is CC(C)c1ccccc1OCC(=O)NC1(CO)CCCC1. The zero-order chi connectivity index (χ0) is 15.3. The summed E-state index contributed by atoms with van der Waals surface area (Å²) in [5, 5.41) is 12.5. The molecular formula is C17H25NO3. The molecular weight excluding hydrogens is 266 g/mol. The molecule has 1 aromatic rings. The lowest BCUT2D eigenvalue weighted by Crippen LogP contribution is -2.50. The van der Waals surface area contributed by atoms with Crippen LogP contribution in [0.5, 0.6) is 5.75 Å². The molecule has 1 aliphatic carbocycles. The van der Waals surface area contributed by atoms with Gasteiger partial charge in [-0.25, -0.2) is 0 Å². The summed E-state index contributed by atoms with van der Waals surface area (Å²) in [6.45, 7) is 4.19. The Morgan fingerprint density at radius 1 is 1.33 bits per heavy atom. The highest BCUT2D eigenvalue weighted by atomic mass is 16.5. The van der Waals surface area contributed by atoms with Crippen LogP contribution in [0.3, 0.4) is 0 Å². The molecule has 1 fully saturated rings. The van der Waals surface area contributed by atoms with Crippen molar-refractivity contribution in [1.82, 2.24) is 5.32 Å². The number of carbonyl (C=O) groups is 1. The third-order valence-corrected chi connectivity index (χ3v) is 4.17. The minimum absolute atomic E-state index is 0.00131. The highest BCUT2D eigenvalue weighted by Crippen LogP contribution is 2.29. The second kappa shape index (κ2) is 6.94. The van der Waals surface area contributed by atoms with Crippen molar-refractivity contribution in [2.75, 3.05) is 13.2 Å². The lowest BCUT2D eigenvalue weighted by molar-refractivity contribution is -0.125. The zero-order valence-electron chi connectivity index (χ0n) is 12.9. The van der Waals surface area contributed by atoms with E-state index < -0.39 is 5.54 Å². The standard InChI is InChI=1S/C17H25NO3/c1-13(2)14-7-3-4-8-15(14)21-11-16(20)18-17(12-19)9-5-6-10-17/h3-4,7-8,13,19H,5-6,9-12H2,1-2H3,(H,18,20). The van der Waals surface area contributed by atoms with E-state index in [0.29, 0.717) is 5.92 Å². The van der Waals surface area contributed by atoms with E-state index in [2.05, 4.69) is 19.2 Å². The van der Waals surface area contributed by atoms with Gasteiger partial charge < -0.3 is 15.2 Å². The number of aliphatic hydroxyl groups excluding tert-OH is 1. The van der Waals surface area contributed by atoms with Gasteiger partial charge in [-0.05, 0) is 30.4 Å². The fourth-order valence-corrected chi connectivity index (χ4v) is 2.94. The molecule has 0 bridgehead atoms. The van der Waals surface area contributed by atoms with Crippen molar-refractivity contribution >= 4 is 5.91 Å². The number of rotatable bonds is 6. The van der Waals surface area contributed by atoms with Crippen molar-refractivity contribution in [3.05, 3.63) is 29.8 Å². The lowest BCUT2D eigenvalue weighted by Gasteiger charge is -2.28. The van der Waals surface area contributed by atoms with E-state index in [4.69, 9.17) is 4.74 Å². The summed E-state index contributed by atoms with van der Waals surface area (Å²) in [5.74, 6) is 0.944. The molecule has 2 N–H and O–H groups in total. The number of benzene rings is 1. The number of nitrogens with one attached hydrogen (secondary N) is 1. The van der Waals surface area contributed by atoms with Crippen molar-refractivity contribution in [3.8, 4) is 5.75 Å². The molecule has 116 valence electrons. The van der Waals surface area contributed by atoms with Crippen LogP contribution in [0.15, 0.2) is 24.3 Å². The van der Waals surface area contributed by atoms with Crippen LogP contribution in [0.25, 0.3) is 0 Å². The largest absolute Gasteiger partial charge is 0.483 e. The number of amides is 1. The number of hydrogen-bond donors (Lipinski definition) is 2. The maximum absolute atomic E-state index is 12.1. The molecule has 0 aliphatic heterocycles. The average Bonchev–Trinajstić information content (AvgIpc) is 2.94. The summed E-state index contributed by atoms with van der Waals surface area (Å²) in [6, 6.07) is 7.79. The van der Waals surface area contributed by atoms with Crippen LogP contribution < -0.4 is 10.1 Å². The molecule has 0 atom stereocenters. The molecule has 2 rings (SSSR count). The second-order valence-electron chi connectivity index (χ2n) is 6.17. The summed E-state index contributed by atoms with van der Waals surface area (Å²) in [7, 11) is 0. The predicted molar refractivity (Wildman–Crippen MR) is 82.5 cm³/mol. The highest BCUT2D eigenvalue weighted by molar-refractivity contribution is 5.78. The number of ether oxygens (including phenoxy) is 1. The van der Waals surface area contributed by atoms with E-state index in [1.54, 1.807) is 0 Å². The Balaban J connectivity index is 1.92. The normalized spacial score (nSPS) is 17.0. The third kappa shape index (κ3) is 3.97. The van der Waals surface area contributed by atoms with E-state index >= 15 is 0 Å². The third-order valence-electron chi connectivity index (χ3n) is 4.17. The number of carbonyl (C=O) groups excluding carboxylic acids is 1. The van der Waals surface area contributed by atoms with E-state index in [1.807, 2.05) is 24.3 Å². The molecule has 1 aromatic carbocycles. The van der Waals surface area contributed by atoms with Gasteiger partial charge in [0.1, 0.15) is 5.75 Å². The van der Waals surface area contributed by atoms with Gasteiger partial charge in [-0.3, -0.25) is 4.79 Å². The van der Waals surface area contributed by atoms with Crippen molar-refractivity contribution in [3.63, 3.8) is 0 Å². The summed E-state index contributed by atoms with van der Waals surface area (Å²) < 4.78 is 5.67. The first kappa shape index (κ1) is 15.8. The summed E-state index contributed by atoms with van der Waals surface area (Å²) in [6.07, 6.45) is 3.80. The molecule has 0 saturated heterocycles. The summed E-state index contributed by atoms with van der Waals surface area (Å²) in [5.41, 5.74) is 0.668. The van der Waals surface area contributed by atoms with E-state index in [0.717, 1.165) is 37.0 Å². The molecule has 0 aromatic heterocycles. The van der Waals surface area contributed by atoms with Crippen molar-refractivity contribution < 1.29 is 14.6 Å². The fourth-order valence-electron chi connectivity index (χ4n) is 2.94. The van der Waals surface area contributed by atoms with Crippen molar-refractivity contribution in [2.24, 2.45) is 0 Å². The Morgan fingerprint density at radius 2 is 2.00 bits per heavy atom. The van der Waals surface area contributed by atoms with Gasteiger partial charge in [0.15, 0.2) is 6.61 Å².